The van der Waals surface area contributed by atoms with Crippen LogP contribution >= 0.6 is 15.9 Å². The second-order valence-electron chi connectivity index (χ2n) is 11.4. The van der Waals surface area contributed by atoms with Crippen LogP contribution in [0.4, 0.5) is 10.1 Å². The van der Waals surface area contributed by atoms with Crippen LogP contribution in [0, 0.1) is 5.82 Å². The molecule has 4 N–H and O–H groups in total. The van der Waals surface area contributed by atoms with Crippen molar-refractivity contribution in [1.82, 2.24) is 10.6 Å². The van der Waals surface area contributed by atoms with E-state index in [4.69, 9.17) is 4.74 Å². The number of benzene rings is 3. The summed E-state index contributed by atoms with van der Waals surface area (Å²) in [5.74, 6) is -0.610. The quantitative estimate of drug-likeness (QED) is 0.278. The summed E-state index contributed by atoms with van der Waals surface area (Å²) in [7, 11) is 0. The second-order valence-corrected chi connectivity index (χ2v) is 12.3. The Morgan fingerprint density at radius 1 is 1.17 bits per heavy atom. The monoisotopic (exact) mass is 639 g/mol. The molecule has 1 saturated heterocycles. The van der Waals surface area contributed by atoms with Gasteiger partial charge in [0, 0.05) is 35.1 Å². The van der Waals surface area contributed by atoms with Crippen LogP contribution in [0.15, 0.2) is 71.2 Å². The van der Waals surface area contributed by atoms with E-state index in [0.717, 1.165) is 15.6 Å². The van der Waals surface area contributed by atoms with Gasteiger partial charge >= 0.3 is 0 Å². The molecule has 2 heterocycles. The number of nitrogens with zero attached hydrogens (tertiary/aromatic N) is 1. The number of carbonyl (C=O) groups is 2. The van der Waals surface area contributed by atoms with Gasteiger partial charge in [0.25, 0.3) is 5.91 Å². The van der Waals surface area contributed by atoms with Crippen molar-refractivity contribution >= 4 is 33.4 Å². The summed E-state index contributed by atoms with van der Waals surface area (Å²) in [4.78, 5) is 27.0. The number of aliphatic hydroxyl groups excluding tert-OH is 2. The molecule has 2 aliphatic heterocycles. The number of carbonyl (C=O) groups excluding carboxylic acids is 2. The zero-order valence-corrected chi connectivity index (χ0v) is 25.1. The molecule has 8 nitrogen and oxygen atoms in total. The summed E-state index contributed by atoms with van der Waals surface area (Å²) in [5, 5.41) is 28.8. The molecule has 2 aliphatic rings. The number of ether oxygens (including phenoxy) is 1. The van der Waals surface area contributed by atoms with Crippen molar-refractivity contribution in [2.24, 2.45) is 0 Å². The standard InChI is InChI=1S/C32H35BrFN3O5/c1-32(2)30(40)29(22-17-21(33)11-13-27(22)42-32)35-18-26(38)24(15-19-7-4-3-5-8-19)36-31(41)20-10-12-23(34)25(16-20)37-14-6-9-28(37)39/h3-5,7-8,10-13,16-17,24,26,29-30,35,38,40H,6,9,14-15,18H2,1-2H3,(H,36,41)/t24-,26-,29-,30+/m0/s1. The Morgan fingerprint density at radius 2 is 1.93 bits per heavy atom. The number of anilines is 1. The average Bonchev–Trinajstić information content (AvgIpc) is 3.39. The molecular weight excluding hydrogens is 605 g/mol. The fourth-order valence-electron chi connectivity index (χ4n) is 5.55. The van der Waals surface area contributed by atoms with Crippen LogP contribution in [0.3, 0.4) is 0 Å². The summed E-state index contributed by atoms with van der Waals surface area (Å²) >= 11 is 3.48. The van der Waals surface area contributed by atoms with Crippen LogP contribution in [-0.2, 0) is 11.2 Å². The van der Waals surface area contributed by atoms with Crippen LogP contribution in [0.1, 0.15) is 54.2 Å². The molecule has 5 rings (SSSR count). The first-order chi connectivity index (χ1) is 20.0. The van der Waals surface area contributed by atoms with E-state index in [1.54, 1.807) is 13.8 Å². The van der Waals surface area contributed by atoms with Crippen molar-refractivity contribution < 1.29 is 28.9 Å². The lowest BCUT2D eigenvalue weighted by molar-refractivity contribution is -0.117. The molecule has 0 saturated carbocycles. The zero-order chi connectivity index (χ0) is 30.0. The highest BCUT2D eigenvalue weighted by molar-refractivity contribution is 9.10. The Hall–Kier alpha value is -3.31. The van der Waals surface area contributed by atoms with Gasteiger partial charge < -0.3 is 30.5 Å². The molecule has 2 amide bonds. The minimum atomic E-state index is -1.05. The van der Waals surface area contributed by atoms with Gasteiger partial charge in [-0.05, 0) is 68.7 Å². The van der Waals surface area contributed by atoms with Gasteiger partial charge in [-0.15, -0.1) is 0 Å². The SMILES string of the molecule is CC1(C)Oc2ccc(Br)cc2[C@H](NC[C@H](O)[C@H](Cc2ccccc2)NC(=O)c2ccc(F)c(N3CCCC3=O)c2)[C@H]1O. The predicted octanol–water partition coefficient (Wildman–Crippen LogP) is 4.28. The Bertz CT molecular complexity index is 1450. The van der Waals surface area contributed by atoms with Crippen molar-refractivity contribution in [3.63, 3.8) is 0 Å². The van der Waals surface area contributed by atoms with Crippen molar-refractivity contribution in [2.75, 3.05) is 18.0 Å². The minimum Gasteiger partial charge on any atom is -0.485 e. The average molecular weight is 641 g/mol. The number of nitrogens with one attached hydrogen (secondary N) is 2. The molecule has 1 fully saturated rings. The summed E-state index contributed by atoms with van der Waals surface area (Å²) < 4.78 is 21.5. The highest BCUT2D eigenvalue weighted by Crippen LogP contribution is 2.41. The highest BCUT2D eigenvalue weighted by atomic mass is 79.9. The van der Waals surface area contributed by atoms with Crippen molar-refractivity contribution in [2.45, 2.75) is 63.0 Å². The maximum atomic E-state index is 14.6. The molecule has 0 aliphatic carbocycles. The van der Waals surface area contributed by atoms with Gasteiger partial charge in [0.2, 0.25) is 5.91 Å². The first-order valence-corrected chi connectivity index (χ1v) is 14.9. The molecule has 3 aromatic carbocycles. The largest absolute Gasteiger partial charge is 0.485 e. The van der Waals surface area contributed by atoms with E-state index < -0.39 is 41.6 Å². The summed E-state index contributed by atoms with van der Waals surface area (Å²) in [6.07, 6.45) is -0.664. The topological polar surface area (TPSA) is 111 Å². The van der Waals surface area contributed by atoms with E-state index in [1.165, 1.54) is 23.1 Å². The summed E-state index contributed by atoms with van der Waals surface area (Å²) in [5.41, 5.74) is 1.05. The van der Waals surface area contributed by atoms with Gasteiger partial charge in [0.15, 0.2) is 0 Å². The fourth-order valence-corrected chi connectivity index (χ4v) is 5.93. The van der Waals surface area contributed by atoms with E-state index in [9.17, 15) is 24.2 Å². The van der Waals surface area contributed by atoms with E-state index in [0.29, 0.717) is 31.6 Å². The van der Waals surface area contributed by atoms with Crippen LogP contribution in [0.2, 0.25) is 0 Å². The maximum Gasteiger partial charge on any atom is 0.251 e. The minimum absolute atomic E-state index is 0.0541. The van der Waals surface area contributed by atoms with E-state index in [1.807, 2.05) is 48.5 Å². The smallest absolute Gasteiger partial charge is 0.251 e. The zero-order valence-electron chi connectivity index (χ0n) is 23.5. The number of hydrogen-bond donors (Lipinski definition) is 4. The first-order valence-electron chi connectivity index (χ1n) is 14.1. The molecule has 0 bridgehead atoms. The molecule has 42 heavy (non-hydrogen) atoms. The molecule has 0 radical (unpaired) electrons. The summed E-state index contributed by atoms with van der Waals surface area (Å²) in [6.45, 7) is 4.06. The molecule has 3 aromatic rings. The predicted molar refractivity (Wildman–Crippen MR) is 161 cm³/mol. The fraction of sp³-hybridized carbons (Fsp3) is 0.375. The van der Waals surface area contributed by atoms with E-state index in [-0.39, 0.29) is 23.7 Å². The first kappa shape index (κ1) is 30.2. The van der Waals surface area contributed by atoms with Crippen LogP contribution < -0.4 is 20.3 Å². The van der Waals surface area contributed by atoms with Crippen molar-refractivity contribution in [3.05, 3.63) is 93.7 Å². The Balaban J connectivity index is 1.36. The van der Waals surface area contributed by atoms with Crippen LogP contribution in [0.25, 0.3) is 0 Å². The third-order valence-corrected chi connectivity index (χ3v) is 8.40. The molecule has 0 aromatic heterocycles. The van der Waals surface area contributed by atoms with Gasteiger partial charge in [-0.1, -0.05) is 46.3 Å². The third-order valence-electron chi connectivity index (χ3n) is 7.91. The molecule has 222 valence electrons. The normalized spacial score (nSPS) is 20.9. The highest BCUT2D eigenvalue weighted by Gasteiger charge is 2.43. The number of halogens is 2. The molecule has 0 unspecified atom stereocenters. The molecule has 4 atom stereocenters. The van der Waals surface area contributed by atoms with Gasteiger partial charge in [0.05, 0.1) is 23.9 Å². The Kier molecular flexibility index (Phi) is 8.98. The number of fused-ring (bicyclic) bond motifs is 1. The number of aliphatic hydroxyl groups is 2. The van der Waals surface area contributed by atoms with Crippen molar-refractivity contribution in [1.29, 1.82) is 0 Å². The van der Waals surface area contributed by atoms with E-state index >= 15 is 0 Å². The molecule has 10 heteroatoms. The number of rotatable bonds is 9. The third kappa shape index (κ3) is 6.52. The van der Waals surface area contributed by atoms with Crippen LogP contribution in [-0.4, -0.2) is 59.0 Å². The van der Waals surface area contributed by atoms with Crippen LogP contribution in [0.5, 0.6) is 5.75 Å². The maximum absolute atomic E-state index is 14.6. The number of amides is 2. The van der Waals surface area contributed by atoms with Gasteiger partial charge in [-0.25, -0.2) is 4.39 Å². The van der Waals surface area contributed by atoms with Gasteiger partial charge in [-0.3, -0.25) is 9.59 Å². The lowest BCUT2D eigenvalue weighted by Crippen LogP contribution is -2.55. The lowest BCUT2D eigenvalue weighted by Gasteiger charge is -2.43. The van der Waals surface area contributed by atoms with Crippen molar-refractivity contribution in [3.8, 4) is 5.75 Å². The van der Waals surface area contributed by atoms with Gasteiger partial charge in [0.1, 0.15) is 23.3 Å². The van der Waals surface area contributed by atoms with Gasteiger partial charge in [-0.2, -0.15) is 0 Å². The molecule has 0 spiro atoms. The number of hydrogen-bond acceptors (Lipinski definition) is 6. The molecular formula is C32H35BrFN3O5. The summed E-state index contributed by atoms with van der Waals surface area (Å²) in [6, 6.07) is 17.7. The lowest BCUT2D eigenvalue weighted by atomic mass is 9.86. The van der Waals surface area contributed by atoms with E-state index in [2.05, 4.69) is 26.6 Å². The Labute approximate surface area is 253 Å². The second kappa shape index (κ2) is 12.5. The Morgan fingerprint density at radius 3 is 2.64 bits per heavy atom.